The monoisotopic (exact) mass is 415 g/mol. The summed E-state index contributed by atoms with van der Waals surface area (Å²) in [5.41, 5.74) is 1.12. The van der Waals surface area contributed by atoms with Crippen LogP contribution >= 0.6 is 0 Å². The van der Waals surface area contributed by atoms with Gasteiger partial charge in [0.2, 0.25) is 5.82 Å². The zero-order valence-electron chi connectivity index (χ0n) is 17.5. The number of rotatable bonds is 6. The van der Waals surface area contributed by atoms with Gasteiger partial charge in [0.05, 0.1) is 12.2 Å². The maximum atomic E-state index is 14.3. The third kappa shape index (κ3) is 4.17. The second-order valence-electron chi connectivity index (χ2n) is 8.23. The van der Waals surface area contributed by atoms with Crippen LogP contribution < -0.4 is 14.2 Å². The van der Waals surface area contributed by atoms with Crippen molar-refractivity contribution < 1.29 is 23.4 Å². The van der Waals surface area contributed by atoms with E-state index in [4.69, 9.17) is 14.2 Å². The number of fused-ring (bicyclic) bond motifs is 1. The SMILES string of the molecule is CCc1ncnc(O[C@@H]2CCN(C(=O)COc3cccc4c3OC(C)(C)C4)C2)c1F. The lowest BCUT2D eigenvalue weighted by Gasteiger charge is -2.19. The molecule has 1 atom stereocenters. The highest BCUT2D eigenvalue weighted by Gasteiger charge is 2.33. The molecule has 0 aliphatic carbocycles. The van der Waals surface area contributed by atoms with E-state index < -0.39 is 5.82 Å². The Kier molecular flexibility index (Phi) is 5.49. The third-order valence-corrected chi connectivity index (χ3v) is 5.35. The molecule has 3 heterocycles. The summed E-state index contributed by atoms with van der Waals surface area (Å²) in [6.07, 6.45) is 2.85. The summed E-state index contributed by atoms with van der Waals surface area (Å²) in [5.74, 6) is 0.553. The van der Waals surface area contributed by atoms with Gasteiger partial charge >= 0.3 is 0 Å². The van der Waals surface area contributed by atoms with Crippen LogP contribution in [0.4, 0.5) is 4.39 Å². The van der Waals surface area contributed by atoms with Gasteiger partial charge in [-0.25, -0.2) is 4.98 Å². The number of halogens is 1. The number of likely N-dealkylation sites (tertiary alicyclic amines) is 1. The van der Waals surface area contributed by atoms with Crippen LogP contribution in [0.15, 0.2) is 24.5 Å². The molecule has 160 valence electrons. The van der Waals surface area contributed by atoms with E-state index in [2.05, 4.69) is 9.97 Å². The molecule has 1 fully saturated rings. The minimum Gasteiger partial charge on any atom is -0.483 e. The molecule has 4 rings (SSSR count). The number of ether oxygens (including phenoxy) is 3. The van der Waals surface area contributed by atoms with Crippen molar-refractivity contribution in [2.75, 3.05) is 19.7 Å². The van der Waals surface area contributed by atoms with E-state index in [0.717, 1.165) is 12.0 Å². The summed E-state index contributed by atoms with van der Waals surface area (Å²) < 4.78 is 31.7. The molecule has 30 heavy (non-hydrogen) atoms. The smallest absolute Gasteiger partial charge is 0.260 e. The summed E-state index contributed by atoms with van der Waals surface area (Å²) >= 11 is 0. The lowest BCUT2D eigenvalue weighted by Crippen LogP contribution is -2.34. The number of hydrogen-bond acceptors (Lipinski definition) is 6. The van der Waals surface area contributed by atoms with Gasteiger partial charge in [-0.15, -0.1) is 0 Å². The van der Waals surface area contributed by atoms with Crippen LogP contribution in [0, 0.1) is 5.82 Å². The fourth-order valence-corrected chi connectivity index (χ4v) is 3.86. The lowest BCUT2D eigenvalue weighted by molar-refractivity contribution is -0.132. The molecule has 2 aliphatic rings. The van der Waals surface area contributed by atoms with Crippen molar-refractivity contribution in [3.63, 3.8) is 0 Å². The maximum Gasteiger partial charge on any atom is 0.260 e. The molecule has 7 nitrogen and oxygen atoms in total. The van der Waals surface area contributed by atoms with Gasteiger partial charge in [-0.2, -0.15) is 9.37 Å². The Hall–Kier alpha value is -2.90. The topological polar surface area (TPSA) is 73.8 Å². The molecule has 1 aromatic carbocycles. The van der Waals surface area contributed by atoms with Crippen LogP contribution in [0.25, 0.3) is 0 Å². The minimum absolute atomic E-state index is 0.0583. The first kappa shape index (κ1) is 20.4. The molecule has 0 bridgehead atoms. The van der Waals surface area contributed by atoms with Gasteiger partial charge in [-0.1, -0.05) is 19.1 Å². The predicted octanol–water partition coefficient (Wildman–Crippen LogP) is 2.95. The average molecular weight is 415 g/mol. The van der Waals surface area contributed by atoms with Gasteiger partial charge in [0, 0.05) is 24.9 Å². The Morgan fingerprint density at radius 1 is 1.37 bits per heavy atom. The molecule has 2 aromatic rings. The van der Waals surface area contributed by atoms with Crippen molar-refractivity contribution in [2.45, 2.75) is 51.7 Å². The Bertz CT molecular complexity index is 950. The van der Waals surface area contributed by atoms with E-state index in [0.29, 0.717) is 43.1 Å². The number of carbonyl (C=O) groups is 1. The molecule has 1 aromatic heterocycles. The molecule has 1 saturated heterocycles. The Morgan fingerprint density at radius 2 is 2.20 bits per heavy atom. The average Bonchev–Trinajstić information content (AvgIpc) is 3.30. The number of hydrogen-bond donors (Lipinski definition) is 0. The van der Waals surface area contributed by atoms with E-state index in [1.165, 1.54) is 6.33 Å². The summed E-state index contributed by atoms with van der Waals surface area (Å²) in [6.45, 7) is 6.67. The van der Waals surface area contributed by atoms with E-state index in [1.54, 1.807) is 4.90 Å². The van der Waals surface area contributed by atoms with E-state index >= 15 is 0 Å². The molecule has 0 radical (unpaired) electrons. The number of amides is 1. The third-order valence-electron chi connectivity index (χ3n) is 5.35. The van der Waals surface area contributed by atoms with Crippen LogP contribution in [0.3, 0.4) is 0 Å². The van der Waals surface area contributed by atoms with Crippen molar-refractivity contribution in [1.82, 2.24) is 14.9 Å². The summed E-state index contributed by atoms with van der Waals surface area (Å²) in [7, 11) is 0. The summed E-state index contributed by atoms with van der Waals surface area (Å²) in [4.78, 5) is 22.1. The zero-order chi connectivity index (χ0) is 21.3. The second-order valence-corrected chi connectivity index (χ2v) is 8.23. The number of benzene rings is 1. The van der Waals surface area contributed by atoms with E-state index in [9.17, 15) is 9.18 Å². The van der Waals surface area contributed by atoms with Gasteiger partial charge < -0.3 is 19.1 Å². The largest absolute Gasteiger partial charge is 0.483 e. The Labute approximate surface area is 175 Å². The Balaban J connectivity index is 1.33. The van der Waals surface area contributed by atoms with Crippen LogP contribution in [0.5, 0.6) is 17.4 Å². The number of carbonyl (C=O) groups excluding carboxylic acids is 1. The van der Waals surface area contributed by atoms with Crippen molar-refractivity contribution in [2.24, 2.45) is 0 Å². The highest BCUT2D eigenvalue weighted by molar-refractivity contribution is 5.78. The molecule has 0 saturated carbocycles. The predicted molar refractivity (Wildman–Crippen MR) is 107 cm³/mol. The minimum atomic E-state index is -0.533. The number of nitrogens with zero attached hydrogens (tertiary/aromatic N) is 3. The van der Waals surface area contributed by atoms with Crippen molar-refractivity contribution in [3.05, 3.63) is 41.6 Å². The quantitative estimate of drug-likeness (QED) is 0.722. The molecule has 0 unspecified atom stereocenters. The highest BCUT2D eigenvalue weighted by atomic mass is 19.1. The van der Waals surface area contributed by atoms with Crippen LogP contribution in [0.2, 0.25) is 0 Å². The van der Waals surface area contributed by atoms with Crippen molar-refractivity contribution in [3.8, 4) is 17.4 Å². The van der Waals surface area contributed by atoms with Gasteiger partial charge in [0.25, 0.3) is 11.8 Å². The van der Waals surface area contributed by atoms with Gasteiger partial charge in [0.15, 0.2) is 18.1 Å². The molecular formula is C22H26FN3O4. The first-order valence-electron chi connectivity index (χ1n) is 10.2. The summed E-state index contributed by atoms with van der Waals surface area (Å²) in [5, 5.41) is 0. The fraction of sp³-hybridized carbons (Fsp3) is 0.500. The van der Waals surface area contributed by atoms with Crippen molar-refractivity contribution >= 4 is 5.91 Å². The molecule has 0 N–H and O–H groups in total. The number of aryl methyl sites for hydroxylation is 1. The van der Waals surface area contributed by atoms with Crippen LogP contribution in [0.1, 0.15) is 38.4 Å². The second kappa shape index (κ2) is 8.08. The first-order chi connectivity index (χ1) is 14.4. The van der Waals surface area contributed by atoms with Gasteiger partial charge in [-0.05, 0) is 26.3 Å². The molecule has 0 spiro atoms. The normalized spacial score (nSPS) is 19.3. The molecule has 2 aliphatic heterocycles. The van der Waals surface area contributed by atoms with Gasteiger partial charge in [-0.3, -0.25) is 4.79 Å². The maximum absolute atomic E-state index is 14.3. The number of aromatic nitrogens is 2. The summed E-state index contributed by atoms with van der Waals surface area (Å²) in [6, 6.07) is 5.73. The fourth-order valence-electron chi connectivity index (χ4n) is 3.86. The first-order valence-corrected chi connectivity index (χ1v) is 10.2. The molecule has 8 heteroatoms. The Morgan fingerprint density at radius 3 is 3.00 bits per heavy atom. The molecular weight excluding hydrogens is 389 g/mol. The van der Waals surface area contributed by atoms with Gasteiger partial charge in [0.1, 0.15) is 18.0 Å². The lowest BCUT2D eigenvalue weighted by atomic mass is 10.0. The van der Waals surface area contributed by atoms with E-state index in [-0.39, 0.29) is 30.1 Å². The van der Waals surface area contributed by atoms with Crippen LogP contribution in [-0.4, -0.2) is 52.2 Å². The van der Waals surface area contributed by atoms with Crippen LogP contribution in [-0.2, 0) is 17.6 Å². The highest BCUT2D eigenvalue weighted by Crippen LogP contribution is 2.41. The molecule has 1 amide bonds. The zero-order valence-corrected chi connectivity index (χ0v) is 17.5. The van der Waals surface area contributed by atoms with E-state index in [1.807, 2.05) is 39.0 Å². The standard InChI is InChI=1S/C22H26FN3O4/c1-4-16-19(23)21(25-13-24-16)29-15-8-9-26(11-15)18(27)12-28-17-7-5-6-14-10-22(2,3)30-20(14)17/h5-7,13,15H,4,8-12H2,1-3H3/t15-/m1/s1. The van der Waals surface area contributed by atoms with Crippen molar-refractivity contribution in [1.29, 1.82) is 0 Å². The number of para-hydroxylation sites is 1.